The molecule has 0 fully saturated rings. The Kier molecular flexibility index (Phi) is 5.16. The molecule has 128 valence electrons. The Balaban J connectivity index is 1.92. The van der Waals surface area contributed by atoms with Crippen LogP contribution >= 0.6 is 11.6 Å². The predicted octanol–water partition coefficient (Wildman–Crippen LogP) is 3.25. The van der Waals surface area contributed by atoms with Gasteiger partial charge in [-0.1, -0.05) is 18.2 Å². The van der Waals surface area contributed by atoms with Crippen LogP contribution < -0.4 is 16.1 Å². The Bertz CT molecular complexity index is 981. The van der Waals surface area contributed by atoms with Crippen molar-refractivity contribution in [3.05, 3.63) is 75.6 Å². The van der Waals surface area contributed by atoms with Crippen LogP contribution in [0.5, 0.6) is 5.75 Å². The summed E-state index contributed by atoms with van der Waals surface area (Å²) in [5.74, 6) is -0.0928. The summed E-state index contributed by atoms with van der Waals surface area (Å²) < 4.78 is 10.5. The van der Waals surface area contributed by atoms with E-state index in [1.807, 2.05) is 6.07 Å². The minimum absolute atomic E-state index is 0.163. The number of alkyl halides is 1. The van der Waals surface area contributed by atoms with E-state index in [0.717, 1.165) is 11.1 Å². The molecule has 1 aromatic heterocycles. The second kappa shape index (κ2) is 7.51. The molecule has 25 heavy (non-hydrogen) atoms. The van der Waals surface area contributed by atoms with Crippen LogP contribution in [0.25, 0.3) is 11.0 Å². The third-order valence-corrected chi connectivity index (χ3v) is 4.02. The summed E-state index contributed by atoms with van der Waals surface area (Å²) in [6, 6.07) is 13.7. The molecule has 0 amide bonds. The topological polar surface area (TPSA) is 82.5 Å². The molecule has 2 N–H and O–H groups in total. The number of halogens is 1. The van der Waals surface area contributed by atoms with Crippen molar-refractivity contribution in [1.29, 1.82) is 0 Å². The van der Waals surface area contributed by atoms with E-state index in [1.54, 1.807) is 36.4 Å². The Morgan fingerprint density at radius 1 is 1.12 bits per heavy atom. The Labute approximate surface area is 149 Å². The third-order valence-electron chi connectivity index (χ3n) is 3.71. The van der Waals surface area contributed by atoms with Crippen molar-refractivity contribution in [2.45, 2.75) is 12.3 Å². The van der Waals surface area contributed by atoms with Gasteiger partial charge in [0.1, 0.15) is 16.9 Å². The molecule has 2 aromatic carbocycles. The maximum atomic E-state index is 12.4. The lowest BCUT2D eigenvalue weighted by molar-refractivity contribution is 0.0730. The van der Waals surface area contributed by atoms with Gasteiger partial charge >= 0.3 is 11.6 Å². The van der Waals surface area contributed by atoms with Gasteiger partial charge in [0.15, 0.2) is 0 Å². The molecule has 0 unspecified atom stereocenters. The Morgan fingerprint density at radius 2 is 1.96 bits per heavy atom. The number of carbonyl (C=O) groups is 1. The minimum atomic E-state index is -0.767. The van der Waals surface area contributed by atoms with Crippen molar-refractivity contribution < 1.29 is 13.9 Å². The standard InChI is InChI=1S/C19H16ClNO4/c20-11-13-4-5-17-14(8-13)10-16(19(23)25-17)18(22)24-15-3-1-2-12(9-15)6-7-21/h1-5,8-10H,6-7,11,21H2. The number of hydrogen-bond acceptors (Lipinski definition) is 5. The monoisotopic (exact) mass is 357 g/mol. The second-order valence-corrected chi connectivity index (χ2v) is 5.80. The summed E-state index contributed by atoms with van der Waals surface area (Å²) in [5.41, 5.74) is 6.82. The highest BCUT2D eigenvalue weighted by atomic mass is 35.5. The van der Waals surface area contributed by atoms with Crippen molar-refractivity contribution in [3.8, 4) is 5.75 Å². The van der Waals surface area contributed by atoms with Crippen LogP contribution in [-0.4, -0.2) is 12.5 Å². The smallest absolute Gasteiger partial charge is 0.351 e. The molecule has 3 aromatic rings. The van der Waals surface area contributed by atoms with Gasteiger partial charge in [0.2, 0.25) is 0 Å². The summed E-state index contributed by atoms with van der Waals surface area (Å²) in [6.07, 6.45) is 0.671. The SMILES string of the molecule is NCCc1cccc(OC(=O)c2cc3cc(CCl)ccc3oc2=O)c1. The molecule has 0 aliphatic rings. The van der Waals surface area contributed by atoms with E-state index in [4.69, 9.17) is 26.5 Å². The number of fused-ring (bicyclic) bond motifs is 1. The Hall–Kier alpha value is -2.63. The number of rotatable bonds is 5. The summed E-state index contributed by atoms with van der Waals surface area (Å²) in [7, 11) is 0. The van der Waals surface area contributed by atoms with Gasteiger partial charge in [0.25, 0.3) is 0 Å². The number of benzene rings is 2. The molecule has 0 atom stereocenters. The molecule has 3 rings (SSSR count). The molecule has 0 bridgehead atoms. The predicted molar refractivity (Wildman–Crippen MR) is 96.2 cm³/mol. The fourth-order valence-corrected chi connectivity index (χ4v) is 2.66. The minimum Gasteiger partial charge on any atom is -0.423 e. The maximum Gasteiger partial charge on any atom is 0.351 e. The van der Waals surface area contributed by atoms with Crippen molar-refractivity contribution in [2.75, 3.05) is 6.54 Å². The summed E-state index contributed by atoms with van der Waals surface area (Å²) in [4.78, 5) is 24.4. The third kappa shape index (κ3) is 3.90. The van der Waals surface area contributed by atoms with Gasteiger partial charge in [-0.2, -0.15) is 0 Å². The quantitative estimate of drug-likeness (QED) is 0.328. The molecule has 6 heteroatoms. The van der Waals surface area contributed by atoms with E-state index >= 15 is 0 Å². The molecule has 0 saturated heterocycles. The first-order valence-corrected chi connectivity index (χ1v) is 8.28. The van der Waals surface area contributed by atoms with Gasteiger partial charge < -0.3 is 14.9 Å². The van der Waals surface area contributed by atoms with E-state index in [9.17, 15) is 9.59 Å². The van der Waals surface area contributed by atoms with E-state index in [0.29, 0.717) is 35.6 Å². The lowest BCUT2D eigenvalue weighted by Crippen LogP contribution is -2.18. The largest absolute Gasteiger partial charge is 0.423 e. The lowest BCUT2D eigenvalue weighted by atomic mass is 10.1. The zero-order valence-corrected chi connectivity index (χ0v) is 14.1. The van der Waals surface area contributed by atoms with Crippen LogP contribution in [0.15, 0.2) is 57.7 Å². The van der Waals surface area contributed by atoms with Crippen LogP contribution in [0, 0.1) is 0 Å². The maximum absolute atomic E-state index is 12.4. The highest BCUT2D eigenvalue weighted by molar-refractivity contribution is 6.17. The van der Waals surface area contributed by atoms with E-state index < -0.39 is 11.6 Å². The molecule has 5 nitrogen and oxygen atoms in total. The fraction of sp³-hybridized carbons (Fsp3) is 0.158. The molecule has 0 aliphatic carbocycles. The highest BCUT2D eigenvalue weighted by Gasteiger charge is 2.16. The first-order chi connectivity index (χ1) is 12.1. The molecule has 1 heterocycles. The van der Waals surface area contributed by atoms with Crippen molar-refractivity contribution in [3.63, 3.8) is 0 Å². The average Bonchev–Trinajstić information content (AvgIpc) is 2.61. The lowest BCUT2D eigenvalue weighted by Gasteiger charge is -2.06. The first kappa shape index (κ1) is 17.2. The van der Waals surface area contributed by atoms with Gasteiger partial charge in [-0.05, 0) is 54.4 Å². The van der Waals surface area contributed by atoms with Crippen molar-refractivity contribution >= 4 is 28.5 Å². The van der Waals surface area contributed by atoms with Crippen LogP contribution in [0.4, 0.5) is 0 Å². The highest BCUT2D eigenvalue weighted by Crippen LogP contribution is 2.19. The number of ether oxygens (including phenoxy) is 1. The zero-order chi connectivity index (χ0) is 17.8. The van der Waals surface area contributed by atoms with E-state index in [1.165, 1.54) is 6.07 Å². The van der Waals surface area contributed by atoms with Crippen LogP contribution in [-0.2, 0) is 12.3 Å². The average molecular weight is 358 g/mol. The van der Waals surface area contributed by atoms with Crippen molar-refractivity contribution in [1.82, 2.24) is 0 Å². The number of nitrogens with two attached hydrogens (primary N) is 1. The van der Waals surface area contributed by atoms with Crippen LogP contribution in [0.2, 0.25) is 0 Å². The van der Waals surface area contributed by atoms with E-state index in [-0.39, 0.29) is 5.56 Å². The number of hydrogen-bond donors (Lipinski definition) is 1. The molecule has 0 saturated carbocycles. The van der Waals surface area contributed by atoms with Gasteiger partial charge in [-0.15, -0.1) is 11.6 Å². The second-order valence-electron chi connectivity index (χ2n) is 5.53. The molecular formula is C19H16ClNO4. The van der Waals surface area contributed by atoms with Crippen molar-refractivity contribution in [2.24, 2.45) is 5.73 Å². The van der Waals surface area contributed by atoms with Gasteiger partial charge in [0.05, 0.1) is 0 Å². The summed E-state index contributed by atoms with van der Waals surface area (Å²) in [5, 5.41) is 0.613. The van der Waals surface area contributed by atoms with Gasteiger partial charge in [0, 0.05) is 11.3 Å². The van der Waals surface area contributed by atoms with Crippen LogP contribution in [0.1, 0.15) is 21.5 Å². The molecule has 0 aliphatic heterocycles. The zero-order valence-electron chi connectivity index (χ0n) is 13.3. The summed E-state index contributed by atoms with van der Waals surface area (Å²) in [6.45, 7) is 0.495. The van der Waals surface area contributed by atoms with Crippen LogP contribution in [0.3, 0.4) is 0 Å². The number of carbonyl (C=O) groups excluding carboxylic acids is 1. The molecule has 0 spiro atoms. The van der Waals surface area contributed by atoms with Gasteiger partial charge in [-0.25, -0.2) is 9.59 Å². The first-order valence-electron chi connectivity index (χ1n) is 7.74. The van der Waals surface area contributed by atoms with Gasteiger partial charge in [-0.3, -0.25) is 0 Å². The molecule has 0 radical (unpaired) electrons. The number of esters is 1. The Morgan fingerprint density at radius 3 is 2.72 bits per heavy atom. The molecular weight excluding hydrogens is 342 g/mol. The summed E-state index contributed by atoms with van der Waals surface area (Å²) >= 11 is 5.82. The normalized spacial score (nSPS) is 10.8. The van der Waals surface area contributed by atoms with E-state index in [2.05, 4.69) is 0 Å². The fourth-order valence-electron chi connectivity index (χ4n) is 2.49.